The first kappa shape index (κ1) is 16.8. The molecule has 1 aliphatic heterocycles. The maximum absolute atomic E-state index is 13.2. The number of hydrogen-bond donors (Lipinski definition) is 1. The minimum absolute atomic E-state index is 0.0948. The zero-order valence-electron chi connectivity index (χ0n) is 13.0. The number of carbonyl (C=O) groups excluding carboxylic acids is 1. The van der Waals surface area contributed by atoms with Gasteiger partial charge in [0.05, 0.1) is 18.3 Å². The summed E-state index contributed by atoms with van der Waals surface area (Å²) in [6.07, 6.45) is 1.11. The maximum Gasteiger partial charge on any atom is 0.261 e. The van der Waals surface area contributed by atoms with Gasteiger partial charge in [0.2, 0.25) is 0 Å². The van der Waals surface area contributed by atoms with E-state index in [0.717, 1.165) is 11.5 Å². The third kappa shape index (κ3) is 4.23. The normalized spacial score (nSPS) is 19.3. The lowest BCUT2D eigenvalue weighted by Gasteiger charge is -2.14. The highest BCUT2D eigenvalue weighted by atomic mass is 19.3. The molecule has 1 fully saturated rings. The van der Waals surface area contributed by atoms with Gasteiger partial charge in [0, 0.05) is 46.2 Å². The largest absolute Gasteiger partial charge is 0.363 e. The molecule has 1 aromatic rings. The highest BCUT2D eigenvalue weighted by molar-refractivity contribution is 5.56. The van der Waals surface area contributed by atoms with Crippen LogP contribution in [-0.2, 0) is 17.9 Å². The number of halogens is 2. The molecule has 0 spiro atoms. The van der Waals surface area contributed by atoms with Crippen LogP contribution in [0.2, 0.25) is 0 Å². The van der Waals surface area contributed by atoms with E-state index in [4.69, 9.17) is 5.73 Å². The quantitative estimate of drug-likeness (QED) is 0.751. The molecule has 1 unspecified atom stereocenters. The molecule has 8 heteroatoms. The summed E-state index contributed by atoms with van der Waals surface area (Å²) < 4.78 is 28.2. The van der Waals surface area contributed by atoms with Gasteiger partial charge in [0.15, 0.2) is 0 Å². The number of aldehydes is 1. The molecule has 2 heterocycles. The fourth-order valence-electron chi connectivity index (χ4n) is 2.57. The van der Waals surface area contributed by atoms with E-state index in [-0.39, 0.29) is 13.0 Å². The lowest BCUT2D eigenvalue weighted by atomic mass is 10.2. The van der Waals surface area contributed by atoms with Crippen molar-refractivity contribution in [2.45, 2.75) is 37.9 Å². The average molecular weight is 315 g/mol. The number of aryl methyl sites for hydroxylation is 1. The number of likely N-dealkylation sites (tertiary alicyclic amines) is 1. The Bertz CT molecular complexity index is 517. The lowest BCUT2D eigenvalue weighted by molar-refractivity contribution is -0.109. The summed E-state index contributed by atoms with van der Waals surface area (Å²) in [6, 6.07) is 1.38. The van der Waals surface area contributed by atoms with Crippen LogP contribution < -0.4 is 10.6 Å². The van der Waals surface area contributed by atoms with E-state index >= 15 is 0 Å². The number of nitrogens with zero attached hydrogens (tertiary/aromatic N) is 4. The molecule has 124 valence electrons. The summed E-state index contributed by atoms with van der Waals surface area (Å²) in [5, 5.41) is 4.47. The van der Waals surface area contributed by atoms with Crippen molar-refractivity contribution in [1.29, 1.82) is 0 Å². The number of rotatable bonds is 7. The van der Waals surface area contributed by atoms with Gasteiger partial charge < -0.3 is 15.4 Å². The first-order valence-corrected chi connectivity index (χ1v) is 7.36. The van der Waals surface area contributed by atoms with Crippen molar-refractivity contribution in [2.75, 3.05) is 32.1 Å². The Morgan fingerprint density at radius 3 is 2.82 bits per heavy atom. The van der Waals surface area contributed by atoms with Gasteiger partial charge >= 0.3 is 0 Å². The van der Waals surface area contributed by atoms with Crippen LogP contribution in [0.1, 0.15) is 18.5 Å². The van der Waals surface area contributed by atoms with Gasteiger partial charge in [-0.25, -0.2) is 13.5 Å². The molecule has 1 atom stereocenters. The SMILES string of the molecule is CN(C)c1cc(CN2CCC(F)(F)C2)nn1CCC(N)C=O. The third-order valence-corrected chi connectivity index (χ3v) is 3.75. The van der Waals surface area contributed by atoms with Crippen LogP contribution in [0.5, 0.6) is 0 Å². The molecule has 2 N–H and O–H groups in total. The monoisotopic (exact) mass is 315 g/mol. The second-order valence-corrected chi connectivity index (χ2v) is 6.02. The predicted molar refractivity (Wildman–Crippen MR) is 80.1 cm³/mol. The van der Waals surface area contributed by atoms with Gasteiger partial charge in [-0.05, 0) is 6.42 Å². The van der Waals surface area contributed by atoms with Gasteiger partial charge in [0.25, 0.3) is 5.92 Å². The molecule has 0 bridgehead atoms. The van der Waals surface area contributed by atoms with Crippen molar-refractivity contribution in [2.24, 2.45) is 5.73 Å². The van der Waals surface area contributed by atoms with Crippen LogP contribution in [0.25, 0.3) is 0 Å². The average Bonchev–Trinajstić information content (AvgIpc) is 2.99. The zero-order valence-corrected chi connectivity index (χ0v) is 13.0. The molecule has 6 nitrogen and oxygen atoms in total. The molecule has 0 amide bonds. The number of hydrogen-bond acceptors (Lipinski definition) is 5. The smallest absolute Gasteiger partial charge is 0.261 e. The summed E-state index contributed by atoms with van der Waals surface area (Å²) in [4.78, 5) is 14.2. The predicted octanol–water partition coefficient (Wildman–Crippen LogP) is 0.706. The molecular formula is C14H23F2N5O. The first-order chi connectivity index (χ1) is 10.3. The van der Waals surface area contributed by atoms with E-state index in [9.17, 15) is 13.6 Å². The van der Waals surface area contributed by atoms with Gasteiger partial charge in [-0.2, -0.15) is 5.10 Å². The fraction of sp³-hybridized carbons (Fsp3) is 0.714. The van der Waals surface area contributed by atoms with E-state index in [2.05, 4.69) is 5.10 Å². The van der Waals surface area contributed by atoms with E-state index in [0.29, 0.717) is 32.3 Å². The van der Waals surface area contributed by atoms with Crippen molar-refractivity contribution in [3.05, 3.63) is 11.8 Å². The Morgan fingerprint density at radius 1 is 1.55 bits per heavy atom. The third-order valence-electron chi connectivity index (χ3n) is 3.75. The standard InChI is InChI=1S/C14H23F2N5O/c1-19(2)13-7-12(8-20-6-4-14(15,16)10-20)18-21(13)5-3-11(17)9-22/h7,9,11H,3-6,8,10,17H2,1-2H3. The topological polar surface area (TPSA) is 67.4 Å². The van der Waals surface area contributed by atoms with Crippen molar-refractivity contribution in [3.8, 4) is 0 Å². The van der Waals surface area contributed by atoms with Gasteiger partial charge in [0.1, 0.15) is 12.1 Å². The Balaban J connectivity index is 2.04. The summed E-state index contributed by atoms with van der Waals surface area (Å²) in [5.41, 5.74) is 6.35. The second-order valence-electron chi connectivity index (χ2n) is 6.02. The van der Waals surface area contributed by atoms with Crippen LogP contribution in [0, 0.1) is 0 Å². The van der Waals surface area contributed by atoms with Crippen LogP contribution in [0.4, 0.5) is 14.6 Å². The second kappa shape index (κ2) is 6.70. The van der Waals surface area contributed by atoms with Crippen LogP contribution in [0.3, 0.4) is 0 Å². The molecule has 1 aromatic heterocycles. The highest BCUT2D eigenvalue weighted by Gasteiger charge is 2.38. The molecular weight excluding hydrogens is 292 g/mol. The zero-order chi connectivity index (χ0) is 16.3. The van der Waals surface area contributed by atoms with Crippen molar-refractivity contribution in [3.63, 3.8) is 0 Å². The molecule has 22 heavy (non-hydrogen) atoms. The Hall–Kier alpha value is -1.54. The summed E-state index contributed by atoms with van der Waals surface area (Å²) >= 11 is 0. The van der Waals surface area contributed by atoms with Crippen molar-refractivity contribution >= 4 is 12.1 Å². The first-order valence-electron chi connectivity index (χ1n) is 7.36. The lowest BCUT2D eigenvalue weighted by Crippen LogP contribution is -2.25. The molecule has 1 saturated heterocycles. The van der Waals surface area contributed by atoms with Crippen molar-refractivity contribution < 1.29 is 13.6 Å². The van der Waals surface area contributed by atoms with Gasteiger partial charge in [-0.15, -0.1) is 0 Å². The minimum Gasteiger partial charge on any atom is -0.363 e. The molecule has 0 aliphatic carbocycles. The Labute approximate surface area is 128 Å². The van der Waals surface area contributed by atoms with E-state index in [1.165, 1.54) is 0 Å². The number of anilines is 1. The molecule has 0 radical (unpaired) electrons. The maximum atomic E-state index is 13.2. The van der Waals surface area contributed by atoms with E-state index in [1.54, 1.807) is 9.58 Å². The van der Waals surface area contributed by atoms with Crippen LogP contribution in [0.15, 0.2) is 6.07 Å². The molecule has 1 aliphatic rings. The van der Waals surface area contributed by atoms with E-state index < -0.39 is 12.0 Å². The molecule has 0 saturated carbocycles. The van der Waals surface area contributed by atoms with Crippen molar-refractivity contribution in [1.82, 2.24) is 14.7 Å². The number of aromatic nitrogens is 2. The van der Waals surface area contributed by atoms with Crippen LogP contribution in [-0.4, -0.2) is 60.1 Å². The Morgan fingerprint density at radius 2 is 2.27 bits per heavy atom. The Kier molecular flexibility index (Phi) is 5.12. The summed E-state index contributed by atoms with van der Waals surface area (Å²) in [7, 11) is 3.78. The number of alkyl halides is 2. The molecule has 2 rings (SSSR count). The highest BCUT2D eigenvalue weighted by Crippen LogP contribution is 2.28. The van der Waals surface area contributed by atoms with Gasteiger partial charge in [-0.1, -0.05) is 0 Å². The van der Waals surface area contributed by atoms with Crippen LogP contribution >= 0.6 is 0 Å². The van der Waals surface area contributed by atoms with Gasteiger partial charge in [-0.3, -0.25) is 4.90 Å². The summed E-state index contributed by atoms with van der Waals surface area (Å²) in [6.45, 7) is 1.09. The fourth-order valence-corrected chi connectivity index (χ4v) is 2.57. The molecule has 0 aromatic carbocycles. The summed E-state index contributed by atoms with van der Waals surface area (Å²) in [5.74, 6) is -1.72. The number of carbonyl (C=O) groups is 1. The number of nitrogens with two attached hydrogens (primary N) is 1. The minimum atomic E-state index is -2.59. The van der Waals surface area contributed by atoms with E-state index in [1.807, 2.05) is 25.1 Å².